The minimum Gasteiger partial charge on any atom is -0.395 e. The molecule has 1 rings (SSSR count). The van der Waals surface area contributed by atoms with Gasteiger partial charge < -0.3 is 10.4 Å². The van der Waals surface area contributed by atoms with E-state index in [1.54, 1.807) is 18.2 Å². The summed E-state index contributed by atoms with van der Waals surface area (Å²) < 4.78 is 13.3. The molecule has 1 aromatic carbocycles. The largest absolute Gasteiger partial charge is 0.395 e. The summed E-state index contributed by atoms with van der Waals surface area (Å²) in [4.78, 5) is 0. The van der Waals surface area contributed by atoms with E-state index in [4.69, 9.17) is 5.11 Å². The topological polar surface area (TPSA) is 32.3 Å². The molecule has 0 saturated carbocycles. The quantitative estimate of drug-likeness (QED) is 0.772. The van der Waals surface area contributed by atoms with Crippen molar-refractivity contribution in [2.45, 2.75) is 25.9 Å². The molecule has 2 nitrogen and oxygen atoms in total. The summed E-state index contributed by atoms with van der Waals surface area (Å²) in [5, 5.41) is 11.9. The number of rotatable bonds is 4. The minimum absolute atomic E-state index is 0.0235. The molecule has 0 aliphatic carbocycles. The highest BCUT2D eigenvalue weighted by atomic mass is 19.1. The van der Waals surface area contributed by atoms with E-state index in [-0.39, 0.29) is 24.5 Å². The second-order valence-corrected chi connectivity index (χ2v) is 3.49. The van der Waals surface area contributed by atoms with Crippen LogP contribution in [0.2, 0.25) is 0 Å². The van der Waals surface area contributed by atoms with Crippen molar-refractivity contribution in [3.63, 3.8) is 0 Å². The molecule has 3 heteroatoms. The first-order chi connectivity index (χ1) is 6.65. The molecule has 0 fully saturated rings. The first-order valence-corrected chi connectivity index (χ1v) is 4.76. The van der Waals surface area contributed by atoms with Crippen molar-refractivity contribution >= 4 is 0 Å². The maximum Gasteiger partial charge on any atom is 0.127 e. The molecular weight excluding hydrogens is 181 g/mol. The van der Waals surface area contributed by atoms with E-state index in [1.807, 2.05) is 13.8 Å². The number of benzene rings is 1. The first-order valence-electron chi connectivity index (χ1n) is 4.76. The van der Waals surface area contributed by atoms with Crippen molar-refractivity contribution in [2.24, 2.45) is 0 Å². The Morgan fingerprint density at radius 3 is 2.57 bits per heavy atom. The fraction of sp³-hybridized carbons (Fsp3) is 0.455. The fourth-order valence-electron chi connectivity index (χ4n) is 1.40. The number of aliphatic hydroxyl groups excluding tert-OH is 1. The lowest BCUT2D eigenvalue weighted by Crippen LogP contribution is -2.32. The SMILES string of the molecule is C[C@H](CO)N[C@@H](C)c1ccccc1F. The smallest absolute Gasteiger partial charge is 0.127 e. The molecule has 0 unspecified atom stereocenters. The van der Waals surface area contributed by atoms with Crippen LogP contribution in [0.1, 0.15) is 25.5 Å². The molecular formula is C11H16FNO. The molecule has 2 atom stereocenters. The molecule has 2 N–H and O–H groups in total. The molecule has 0 radical (unpaired) electrons. The van der Waals surface area contributed by atoms with Crippen molar-refractivity contribution in [2.75, 3.05) is 6.61 Å². The van der Waals surface area contributed by atoms with Crippen molar-refractivity contribution in [1.29, 1.82) is 0 Å². The molecule has 1 aromatic rings. The summed E-state index contributed by atoms with van der Waals surface area (Å²) in [6.07, 6.45) is 0. The second-order valence-electron chi connectivity index (χ2n) is 3.49. The van der Waals surface area contributed by atoms with Gasteiger partial charge in [0.1, 0.15) is 5.82 Å². The molecule has 0 aliphatic rings. The fourth-order valence-corrected chi connectivity index (χ4v) is 1.40. The Balaban J connectivity index is 2.69. The van der Waals surface area contributed by atoms with E-state index in [0.717, 1.165) is 0 Å². The van der Waals surface area contributed by atoms with Crippen molar-refractivity contribution in [1.82, 2.24) is 5.32 Å². The summed E-state index contributed by atoms with van der Waals surface area (Å²) >= 11 is 0. The van der Waals surface area contributed by atoms with Crippen LogP contribution in [0, 0.1) is 5.82 Å². The lowest BCUT2D eigenvalue weighted by molar-refractivity contribution is 0.242. The van der Waals surface area contributed by atoms with Crippen LogP contribution >= 0.6 is 0 Å². The van der Waals surface area contributed by atoms with E-state index >= 15 is 0 Å². The third-order valence-electron chi connectivity index (χ3n) is 2.18. The second kappa shape index (κ2) is 5.08. The first kappa shape index (κ1) is 11.1. The van der Waals surface area contributed by atoms with Crippen molar-refractivity contribution in [3.8, 4) is 0 Å². The lowest BCUT2D eigenvalue weighted by atomic mass is 10.1. The highest BCUT2D eigenvalue weighted by Gasteiger charge is 2.11. The number of halogens is 1. The number of nitrogens with one attached hydrogen (secondary N) is 1. The summed E-state index contributed by atoms with van der Waals surface area (Å²) in [6.45, 7) is 3.79. The van der Waals surface area contributed by atoms with Gasteiger partial charge >= 0.3 is 0 Å². The van der Waals surface area contributed by atoms with Gasteiger partial charge in [0.2, 0.25) is 0 Å². The van der Waals surface area contributed by atoms with Gasteiger partial charge in [-0.15, -0.1) is 0 Å². The van der Waals surface area contributed by atoms with Crippen molar-refractivity contribution < 1.29 is 9.50 Å². The number of hydrogen-bond acceptors (Lipinski definition) is 2. The zero-order valence-electron chi connectivity index (χ0n) is 8.50. The lowest BCUT2D eigenvalue weighted by Gasteiger charge is -2.18. The summed E-state index contributed by atoms with van der Waals surface area (Å²) in [5.74, 6) is -0.211. The number of hydrogen-bond donors (Lipinski definition) is 2. The third-order valence-corrected chi connectivity index (χ3v) is 2.18. The maximum absolute atomic E-state index is 13.3. The Morgan fingerprint density at radius 2 is 2.00 bits per heavy atom. The number of aliphatic hydroxyl groups is 1. The van der Waals surface area contributed by atoms with Crippen LogP contribution in [0.25, 0.3) is 0 Å². The predicted molar refractivity (Wildman–Crippen MR) is 54.5 cm³/mol. The normalized spacial score (nSPS) is 15.1. The van der Waals surface area contributed by atoms with Gasteiger partial charge in [-0.25, -0.2) is 4.39 Å². The van der Waals surface area contributed by atoms with Crippen LogP contribution in [0.15, 0.2) is 24.3 Å². The van der Waals surface area contributed by atoms with E-state index < -0.39 is 0 Å². The molecule has 0 amide bonds. The predicted octanol–water partition coefficient (Wildman–Crippen LogP) is 1.86. The summed E-state index contributed by atoms with van der Waals surface area (Å²) in [5.41, 5.74) is 0.632. The monoisotopic (exact) mass is 197 g/mol. The molecule has 0 aliphatic heterocycles. The zero-order chi connectivity index (χ0) is 10.6. The van der Waals surface area contributed by atoms with Gasteiger partial charge in [0.15, 0.2) is 0 Å². The van der Waals surface area contributed by atoms with Gasteiger partial charge in [-0.2, -0.15) is 0 Å². The van der Waals surface area contributed by atoms with E-state index in [2.05, 4.69) is 5.32 Å². The van der Waals surface area contributed by atoms with Crippen LogP contribution < -0.4 is 5.32 Å². The van der Waals surface area contributed by atoms with Gasteiger partial charge in [0, 0.05) is 17.6 Å². The van der Waals surface area contributed by atoms with Gasteiger partial charge in [-0.1, -0.05) is 18.2 Å². The molecule has 14 heavy (non-hydrogen) atoms. The zero-order valence-corrected chi connectivity index (χ0v) is 8.50. The Bertz CT molecular complexity index is 290. The Morgan fingerprint density at radius 1 is 1.36 bits per heavy atom. The van der Waals surface area contributed by atoms with Crippen LogP contribution in [0.3, 0.4) is 0 Å². The molecule has 0 aromatic heterocycles. The summed E-state index contributed by atoms with van der Waals surface area (Å²) in [7, 11) is 0. The van der Waals surface area contributed by atoms with E-state index in [1.165, 1.54) is 6.07 Å². The highest BCUT2D eigenvalue weighted by molar-refractivity contribution is 5.20. The van der Waals surface area contributed by atoms with Crippen LogP contribution in [-0.4, -0.2) is 17.8 Å². The Hall–Kier alpha value is -0.930. The Kier molecular flexibility index (Phi) is 4.04. The van der Waals surface area contributed by atoms with Crippen LogP contribution in [0.4, 0.5) is 4.39 Å². The highest BCUT2D eigenvalue weighted by Crippen LogP contribution is 2.16. The van der Waals surface area contributed by atoms with Gasteiger partial charge in [-0.3, -0.25) is 0 Å². The summed E-state index contributed by atoms with van der Waals surface area (Å²) in [6, 6.07) is 6.55. The van der Waals surface area contributed by atoms with Crippen LogP contribution in [0.5, 0.6) is 0 Å². The van der Waals surface area contributed by atoms with Gasteiger partial charge in [0.25, 0.3) is 0 Å². The van der Waals surface area contributed by atoms with E-state index in [9.17, 15) is 4.39 Å². The molecule has 0 saturated heterocycles. The minimum atomic E-state index is -0.211. The average molecular weight is 197 g/mol. The molecule has 0 spiro atoms. The molecule has 0 bridgehead atoms. The standard InChI is InChI=1S/C11H16FNO/c1-8(7-14)13-9(2)10-5-3-4-6-11(10)12/h3-6,8-9,13-14H,7H2,1-2H3/t8-,9+/m1/s1. The van der Waals surface area contributed by atoms with E-state index in [0.29, 0.717) is 5.56 Å². The van der Waals surface area contributed by atoms with Crippen molar-refractivity contribution in [3.05, 3.63) is 35.6 Å². The van der Waals surface area contributed by atoms with Gasteiger partial charge in [0.05, 0.1) is 6.61 Å². The van der Waals surface area contributed by atoms with Crippen LogP contribution in [-0.2, 0) is 0 Å². The maximum atomic E-state index is 13.3. The third kappa shape index (κ3) is 2.79. The van der Waals surface area contributed by atoms with Gasteiger partial charge in [-0.05, 0) is 19.9 Å². The Labute approximate surface area is 83.8 Å². The molecule has 78 valence electrons. The molecule has 0 heterocycles. The average Bonchev–Trinajstić information content (AvgIpc) is 2.18.